The van der Waals surface area contributed by atoms with E-state index in [1.807, 2.05) is 0 Å². The smallest absolute Gasteiger partial charge is 0.270 e. The van der Waals surface area contributed by atoms with Gasteiger partial charge in [0.2, 0.25) is 0 Å². The van der Waals surface area contributed by atoms with E-state index in [1.54, 1.807) is 18.2 Å². The Morgan fingerprint density at radius 2 is 2.04 bits per heavy atom. The Hall–Kier alpha value is -3.22. The van der Waals surface area contributed by atoms with Gasteiger partial charge in [-0.1, -0.05) is 0 Å². The maximum absolute atomic E-state index is 13.6. The summed E-state index contributed by atoms with van der Waals surface area (Å²) in [5, 5.41) is 5.44. The van der Waals surface area contributed by atoms with E-state index in [1.165, 1.54) is 24.6 Å². The van der Waals surface area contributed by atoms with Gasteiger partial charge in [0.1, 0.15) is 23.1 Å². The lowest BCUT2D eigenvalue weighted by Crippen LogP contribution is -2.23. The van der Waals surface area contributed by atoms with Crippen molar-refractivity contribution in [3.05, 3.63) is 78.0 Å². The zero-order valence-corrected chi connectivity index (χ0v) is 12.4. The number of pyridine rings is 1. The lowest BCUT2D eigenvalue weighted by Gasteiger charge is -2.08. The fourth-order valence-electron chi connectivity index (χ4n) is 2.02. The van der Waals surface area contributed by atoms with Gasteiger partial charge in [0, 0.05) is 6.07 Å². The molecule has 0 aliphatic rings. The first-order chi connectivity index (χ1) is 11.6. The molecule has 2 N–H and O–H groups in total. The summed E-state index contributed by atoms with van der Waals surface area (Å²) in [7, 11) is 0. The number of nitrogens with one attached hydrogen (secondary N) is 2. The van der Waals surface area contributed by atoms with Crippen molar-refractivity contribution in [1.29, 1.82) is 0 Å². The maximum atomic E-state index is 13.6. The molecule has 24 heavy (non-hydrogen) atoms. The predicted molar refractivity (Wildman–Crippen MR) is 83.8 cm³/mol. The minimum absolute atomic E-state index is 0.119. The summed E-state index contributed by atoms with van der Waals surface area (Å²) in [5.74, 6) is -1.09. The van der Waals surface area contributed by atoms with Gasteiger partial charge in [0.15, 0.2) is 0 Å². The number of aromatic nitrogens is 1. The Balaban J connectivity index is 1.63. The Labute approximate surface area is 136 Å². The fourth-order valence-corrected chi connectivity index (χ4v) is 2.02. The Bertz CT molecular complexity index is 834. The summed E-state index contributed by atoms with van der Waals surface area (Å²) in [6, 6.07) is 9.78. The molecule has 2 heterocycles. The van der Waals surface area contributed by atoms with Crippen molar-refractivity contribution in [2.75, 3.05) is 5.32 Å². The van der Waals surface area contributed by atoms with Crippen LogP contribution in [0.3, 0.4) is 0 Å². The monoisotopic (exact) mass is 329 g/mol. The molecule has 1 aromatic carbocycles. The quantitative estimate of drug-likeness (QED) is 0.750. The lowest BCUT2D eigenvalue weighted by molar-refractivity contribution is 0.0943. The van der Waals surface area contributed by atoms with Gasteiger partial charge in [-0.3, -0.25) is 4.79 Å². The molecule has 0 aliphatic heterocycles. The number of hydrogen-bond donors (Lipinski definition) is 2. The third kappa shape index (κ3) is 3.75. The molecule has 0 saturated carbocycles. The number of rotatable bonds is 5. The highest BCUT2D eigenvalue weighted by Crippen LogP contribution is 2.20. The average molecular weight is 329 g/mol. The average Bonchev–Trinajstić information content (AvgIpc) is 3.09. The summed E-state index contributed by atoms with van der Waals surface area (Å²) in [6.07, 6.45) is 2.92. The van der Waals surface area contributed by atoms with Crippen molar-refractivity contribution in [1.82, 2.24) is 10.3 Å². The van der Waals surface area contributed by atoms with E-state index in [-0.39, 0.29) is 23.8 Å². The van der Waals surface area contributed by atoms with Crippen molar-refractivity contribution < 1.29 is 18.0 Å². The minimum Gasteiger partial charge on any atom is -0.467 e. The standard InChI is InChI=1S/C17H13F2N3O2/c18-11-3-5-15(14(19)8-11)22-12-4-6-16(20-9-12)17(23)21-10-13-2-1-7-24-13/h1-9,22H,10H2,(H,21,23). The molecule has 3 aromatic rings. The van der Waals surface area contributed by atoms with Crippen molar-refractivity contribution in [3.63, 3.8) is 0 Å². The highest BCUT2D eigenvalue weighted by molar-refractivity contribution is 5.92. The van der Waals surface area contributed by atoms with Crippen LogP contribution in [0.1, 0.15) is 16.2 Å². The van der Waals surface area contributed by atoms with Crippen LogP contribution in [-0.2, 0) is 6.54 Å². The summed E-state index contributed by atoms with van der Waals surface area (Å²) in [4.78, 5) is 16.0. The molecular formula is C17H13F2N3O2. The van der Waals surface area contributed by atoms with Gasteiger partial charge in [-0.15, -0.1) is 0 Å². The lowest BCUT2D eigenvalue weighted by atomic mass is 10.2. The molecule has 122 valence electrons. The van der Waals surface area contributed by atoms with Gasteiger partial charge >= 0.3 is 0 Å². The molecule has 2 aromatic heterocycles. The first-order valence-electron chi connectivity index (χ1n) is 7.10. The molecule has 3 rings (SSSR count). The highest BCUT2D eigenvalue weighted by atomic mass is 19.1. The predicted octanol–water partition coefficient (Wildman–Crippen LogP) is 3.63. The maximum Gasteiger partial charge on any atom is 0.270 e. The number of hydrogen-bond acceptors (Lipinski definition) is 4. The molecule has 0 bridgehead atoms. The highest BCUT2D eigenvalue weighted by Gasteiger charge is 2.09. The van der Waals surface area contributed by atoms with Gasteiger partial charge in [-0.25, -0.2) is 13.8 Å². The van der Waals surface area contributed by atoms with Crippen LogP contribution in [0.4, 0.5) is 20.2 Å². The van der Waals surface area contributed by atoms with Crippen LogP contribution in [0.25, 0.3) is 0 Å². The Morgan fingerprint density at radius 3 is 2.71 bits per heavy atom. The van der Waals surface area contributed by atoms with Crippen molar-refractivity contribution in [3.8, 4) is 0 Å². The number of nitrogens with zero attached hydrogens (tertiary/aromatic N) is 1. The van der Waals surface area contributed by atoms with Crippen molar-refractivity contribution in [2.45, 2.75) is 6.54 Å². The van der Waals surface area contributed by atoms with Gasteiger partial charge in [-0.05, 0) is 36.4 Å². The number of halogens is 2. The third-order valence-electron chi connectivity index (χ3n) is 3.21. The van der Waals surface area contributed by atoms with Crippen molar-refractivity contribution >= 4 is 17.3 Å². The zero-order valence-electron chi connectivity index (χ0n) is 12.4. The summed E-state index contributed by atoms with van der Waals surface area (Å²) in [6.45, 7) is 0.258. The van der Waals surface area contributed by atoms with E-state index in [0.717, 1.165) is 12.1 Å². The number of carbonyl (C=O) groups is 1. The van der Waals surface area contributed by atoms with Crippen LogP contribution >= 0.6 is 0 Å². The van der Waals surface area contributed by atoms with Crippen LogP contribution in [0.2, 0.25) is 0 Å². The molecule has 0 saturated heterocycles. The summed E-state index contributed by atoms with van der Waals surface area (Å²) in [5.41, 5.74) is 0.808. The molecule has 0 spiro atoms. The summed E-state index contributed by atoms with van der Waals surface area (Å²) >= 11 is 0. The molecule has 5 nitrogen and oxygen atoms in total. The Morgan fingerprint density at radius 1 is 1.17 bits per heavy atom. The van der Waals surface area contributed by atoms with Gasteiger partial charge in [0.05, 0.1) is 30.4 Å². The van der Waals surface area contributed by atoms with Crippen LogP contribution < -0.4 is 10.6 Å². The van der Waals surface area contributed by atoms with Gasteiger partial charge in [-0.2, -0.15) is 0 Å². The molecule has 0 aliphatic carbocycles. The number of amides is 1. The summed E-state index contributed by atoms with van der Waals surface area (Å²) < 4.78 is 31.6. The van der Waals surface area contributed by atoms with Crippen LogP contribution in [0.5, 0.6) is 0 Å². The van der Waals surface area contributed by atoms with E-state index in [9.17, 15) is 13.6 Å². The van der Waals surface area contributed by atoms with Crippen LogP contribution in [0, 0.1) is 11.6 Å². The van der Waals surface area contributed by atoms with Gasteiger partial charge < -0.3 is 15.1 Å². The van der Waals surface area contributed by atoms with E-state index < -0.39 is 11.6 Å². The second kappa shape index (κ2) is 6.91. The Kier molecular flexibility index (Phi) is 4.51. The third-order valence-corrected chi connectivity index (χ3v) is 3.21. The zero-order chi connectivity index (χ0) is 16.9. The second-order valence-corrected chi connectivity index (χ2v) is 4.94. The topological polar surface area (TPSA) is 67.2 Å². The van der Waals surface area contributed by atoms with E-state index in [4.69, 9.17) is 4.42 Å². The number of furan rings is 1. The van der Waals surface area contributed by atoms with E-state index in [0.29, 0.717) is 11.4 Å². The number of anilines is 2. The fraction of sp³-hybridized carbons (Fsp3) is 0.0588. The van der Waals surface area contributed by atoms with Gasteiger partial charge in [0.25, 0.3) is 5.91 Å². The van der Waals surface area contributed by atoms with Crippen LogP contribution in [0.15, 0.2) is 59.3 Å². The molecule has 0 radical (unpaired) electrons. The normalized spacial score (nSPS) is 10.4. The molecule has 0 unspecified atom stereocenters. The largest absolute Gasteiger partial charge is 0.467 e. The SMILES string of the molecule is O=C(NCc1ccco1)c1ccc(Nc2ccc(F)cc2F)cn1. The van der Waals surface area contributed by atoms with Crippen molar-refractivity contribution in [2.24, 2.45) is 0 Å². The molecule has 0 atom stereocenters. The first kappa shape index (κ1) is 15.7. The van der Waals surface area contributed by atoms with Crippen LogP contribution in [-0.4, -0.2) is 10.9 Å². The second-order valence-electron chi connectivity index (χ2n) is 4.94. The van der Waals surface area contributed by atoms with E-state index >= 15 is 0 Å². The molecule has 1 amide bonds. The molecular weight excluding hydrogens is 316 g/mol. The molecule has 0 fully saturated rings. The van der Waals surface area contributed by atoms with E-state index in [2.05, 4.69) is 15.6 Å². The minimum atomic E-state index is -0.713. The molecule has 7 heteroatoms. The number of carbonyl (C=O) groups excluding carboxylic acids is 1. The number of benzene rings is 1. The first-order valence-corrected chi connectivity index (χ1v) is 7.10.